The largest absolute Gasteiger partial charge is 0.466 e. The van der Waals surface area contributed by atoms with E-state index in [2.05, 4.69) is 31.3 Å². The number of esters is 1. The first-order valence-corrected chi connectivity index (χ1v) is 32.1. The molecule has 0 aliphatic rings. The Morgan fingerprint density at radius 3 is 1.03 bits per heavy atom. The van der Waals surface area contributed by atoms with E-state index in [1.54, 1.807) is 6.08 Å². The van der Waals surface area contributed by atoms with Crippen molar-refractivity contribution in [2.24, 2.45) is 0 Å². The lowest BCUT2D eigenvalue weighted by molar-refractivity contribution is -0.143. The molecule has 0 rings (SSSR count). The summed E-state index contributed by atoms with van der Waals surface area (Å²) in [5.74, 6) is -0.0714. The summed E-state index contributed by atoms with van der Waals surface area (Å²) in [6, 6.07) is -0.632. The van der Waals surface area contributed by atoms with Gasteiger partial charge in [0.15, 0.2) is 0 Å². The van der Waals surface area contributed by atoms with Gasteiger partial charge in [0.05, 0.1) is 25.4 Å². The van der Waals surface area contributed by atoms with E-state index in [9.17, 15) is 19.8 Å². The molecule has 0 spiro atoms. The van der Waals surface area contributed by atoms with Crippen molar-refractivity contribution in [1.82, 2.24) is 5.32 Å². The number of hydrogen-bond acceptors (Lipinski definition) is 5. The highest BCUT2D eigenvalue weighted by atomic mass is 16.5. The van der Waals surface area contributed by atoms with E-state index in [0.717, 1.165) is 44.9 Å². The average molecular weight is 1000 g/mol. The molecule has 0 aromatic heterocycles. The quantitative estimate of drug-likeness (QED) is 0.0320. The van der Waals surface area contributed by atoms with Crippen molar-refractivity contribution in [3.05, 3.63) is 24.3 Å². The average Bonchev–Trinajstić information content (AvgIpc) is 3.37. The van der Waals surface area contributed by atoms with Crippen molar-refractivity contribution in [2.75, 3.05) is 13.2 Å². The molecule has 1 amide bonds. The van der Waals surface area contributed by atoms with Gasteiger partial charge in [0.1, 0.15) is 0 Å². The fourth-order valence-electron chi connectivity index (χ4n) is 10.0. The highest BCUT2D eigenvalue weighted by Crippen LogP contribution is 2.18. The predicted octanol–water partition coefficient (Wildman–Crippen LogP) is 20.2. The van der Waals surface area contributed by atoms with Gasteiger partial charge in [0, 0.05) is 12.8 Å². The van der Waals surface area contributed by atoms with Gasteiger partial charge < -0.3 is 20.3 Å². The number of unbranched alkanes of at least 4 members (excludes halogenated alkanes) is 47. The van der Waals surface area contributed by atoms with Gasteiger partial charge in [0.25, 0.3) is 0 Å². The Kier molecular flexibility index (Phi) is 59.5. The van der Waals surface area contributed by atoms with Crippen LogP contribution in [0.15, 0.2) is 24.3 Å². The van der Waals surface area contributed by atoms with E-state index in [1.807, 2.05) is 6.08 Å². The summed E-state index contributed by atoms with van der Waals surface area (Å²) in [5, 5.41) is 23.2. The van der Waals surface area contributed by atoms with Crippen LogP contribution in [0.25, 0.3) is 0 Å². The molecule has 0 aliphatic heterocycles. The summed E-state index contributed by atoms with van der Waals surface area (Å²) in [4.78, 5) is 24.5. The number of carbonyl (C=O) groups excluding carboxylic acids is 2. The third kappa shape index (κ3) is 57.5. The summed E-state index contributed by atoms with van der Waals surface area (Å²) < 4.78 is 5.46. The van der Waals surface area contributed by atoms with Crippen molar-refractivity contribution in [3.8, 4) is 0 Å². The highest BCUT2D eigenvalue weighted by Gasteiger charge is 2.18. The van der Waals surface area contributed by atoms with Crippen LogP contribution in [0.2, 0.25) is 0 Å². The Morgan fingerprint density at radius 1 is 0.380 bits per heavy atom. The highest BCUT2D eigenvalue weighted by molar-refractivity contribution is 5.76. The molecular formula is C65H125NO5. The normalized spacial score (nSPS) is 12.7. The maximum Gasteiger partial charge on any atom is 0.305 e. The zero-order valence-electron chi connectivity index (χ0n) is 48.0. The molecule has 0 aliphatic carbocycles. The van der Waals surface area contributed by atoms with Crippen molar-refractivity contribution in [2.45, 2.75) is 366 Å². The maximum absolute atomic E-state index is 12.5. The molecule has 0 saturated heterocycles. The SMILES string of the molecule is CCCCC/C=C\CCCCCCCC(=O)OCCCCCCCCCCCCCCCCCCCCC(=O)NC(CO)C(O)/C=C/CCCCCCCCCCCCCCCCCCCCCCCC. The minimum atomic E-state index is -0.848. The summed E-state index contributed by atoms with van der Waals surface area (Å²) in [6.45, 7) is 4.90. The van der Waals surface area contributed by atoms with E-state index < -0.39 is 12.1 Å². The number of hydrogen-bond donors (Lipinski definition) is 3. The Labute approximate surface area is 443 Å². The van der Waals surface area contributed by atoms with Crippen molar-refractivity contribution >= 4 is 11.9 Å². The standard InChI is InChI=1S/C65H125NO5/c1-3-5-7-9-11-13-15-17-18-19-20-21-22-23-24-25-28-31-34-37-41-45-49-53-57-63(68)62(61-67)66-64(69)58-54-50-46-42-38-35-32-29-26-27-30-33-36-40-44-48-52-56-60-71-65(70)59-55-51-47-43-39-16-14-12-10-8-6-4-2/h12,14,53,57,62-63,67-68H,3-11,13,15-52,54-56,58-61H2,1-2H3,(H,66,69)/b14-12-,57-53+. The molecule has 0 heterocycles. The predicted molar refractivity (Wildman–Crippen MR) is 310 cm³/mol. The lowest BCUT2D eigenvalue weighted by Gasteiger charge is -2.20. The van der Waals surface area contributed by atoms with E-state index in [0.29, 0.717) is 19.4 Å². The van der Waals surface area contributed by atoms with E-state index in [-0.39, 0.29) is 18.5 Å². The third-order valence-electron chi connectivity index (χ3n) is 15.0. The number of carbonyl (C=O) groups is 2. The number of ether oxygens (including phenoxy) is 1. The third-order valence-corrected chi connectivity index (χ3v) is 15.0. The van der Waals surface area contributed by atoms with Crippen LogP contribution in [0, 0.1) is 0 Å². The van der Waals surface area contributed by atoms with Crippen LogP contribution in [0.1, 0.15) is 354 Å². The number of amides is 1. The van der Waals surface area contributed by atoms with Crippen LogP contribution in [-0.4, -0.2) is 47.4 Å². The summed E-state index contributed by atoms with van der Waals surface area (Å²) in [6.07, 6.45) is 75.1. The molecule has 71 heavy (non-hydrogen) atoms. The Bertz CT molecular complexity index is 1110. The summed E-state index contributed by atoms with van der Waals surface area (Å²) in [5.41, 5.74) is 0. The molecule has 0 radical (unpaired) electrons. The van der Waals surface area contributed by atoms with Crippen LogP contribution in [0.3, 0.4) is 0 Å². The first-order valence-electron chi connectivity index (χ1n) is 32.1. The van der Waals surface area contributed by atoms with Crippen molar-refractivity contribution in [1.29, 1.82) is 0 Å². The van der Waals surface area contributed by atoms with Crippen LogP contribution < -0.4 is 5.32 Å². The fraction of sp³-hybridized carbons (Fsp3) is 0.908. The number of rotatable bonds is 60. The zero-order chi connectivity index (χ0) is 51.4. The van der Waals surface area contributed by atoms with E-state index in [4.69, 9.17) is 4.74 Å². The van der Waals surface area contributed by atoms with Crippen molar-refractivity contribution < 1.29 is 24.5 Å². The van der Waals surface area contributed by atoms with Gasteiger partial charge in [-0.15, -0.1) is 0 Å². The molecule has 0 bridgehead atoms. The molecular weight excluding hydrogens is 875 g/mol. The number of aliphatic hydroxyl groups is 2. The van der Waals surface area contributed by atoms with Crippen molar-refractivity contribution in [3.63, 3.8) is 0 Å². The first-order chi connectivity index (χ1) is 35.0. The topological polar surface area (TPSA) is 95.9 Å². The molecule has 0 saturated carbocycles. The van der Waals surface area contributed by atoms with Crippen LogP contribution in [-0.2, 0) is 14.3 Å². The Balaban J connectivity index is 3.44. The van der Waals surface area contributed by atoms with Gasteiger partial charge >= 0.3 is 5.97 Å². The van der Waals surface area contributed by atoms with Crippen LogP contribution >= 0.6 is 0 Å². The van der Waals surface area contributed by atoms with Crippen LogP contribution in [0.4, 0.5) is 0 Å². The number of aliphatic hydroxyl groups excluding tert-OH is 2. The molecule has 420 valence electrons. The first kappa shape index (κ1) is 69.3. The summed E-state index contributed by atoms with van der Waals surface area (Å²) in [7, 11) is 0. The maximum atomic E-state index is 12.5. The van der Waals surface area contributed by atoms with E-state index >= 15 is 0 Å². The number of nitrogens with one attached hydrogen (secondary N) is 1. The molecule has 2 atom stereocenters. The van der Waals surface area contributed by atoms with Crippen LogP contribution in [0.5, 0.6) is 0 Å². The molecule has 6 heteroatoms. The van der Waals surface area contributed by atoms with Gasteiger partial charge in [-0.25, -0.2) is 0 Å². The van der Waals surface area contributed by atoms with Gasteiger partial charge in [0.2, 0.25) is 5.91 Å². The second kappa shape index (κ2) is 60.9. The molecule has 3 N–H and O–H groups in total. The Hall–Kier alpha value is -1.66. The van der Waals surface area contributed by atoms with Gasteiger partial charge in [-0.05, 0) is 57.8 Å². The minimum Gasteiger partial charge on any atom is -0.466 e. The van der Waals surface area contributed by atoms with E-state index in [1.165, 1.54) is 283 Å². The van der Waals surface area contributed by atoms with Gasteiger partial charge in [-0.2, -0.15) is 0 Å². The zero-order valence-corrected chi connectivity index (χ0v) is 48.0. The Morgan fingerprint density at radius 2 is 0.662 bits per heavy atom. The lowest BCUT2D eigenvalue weighted by Crippen LogP contribution is -2.45. The molecule has 2 unspecified atom stereocenters. The smallest absolute Gasteiger partial charge is 0.305 e. The molecule has 0 aromatic rings. The monoisotopic (exact) mass is 1000 g/mol. The minimum absolute atomic E-state index is 0.00295. The summed E-state index contributed by atoms with van der Waals surface area (Å²) >= 11 is 0. The molecule has 0 fully saturated rings. The van der Waals surface area contributed by atoms with Gasteiger partial charge in [-0.1, -0.05) is 308 Å². The molecule has 6 nitrogen and oxygen atoms in total. The molecule has 0 aromatic carbocycles. The number of allylic oxidation sites excluding steroid dienone is 3. The fourth-order valence-corrected chi connectivity index (χ4v) is 10.0. The van der Waals surface area contributed by atoms with Gasteiger partial charge in [-0.3, -0.25) is 9.59 Å². The second-order valence-electron chi connectivity index (χ2n) is 22.1. The lowest BCUT2D eigenvalue weighted by atomic mass is 10.0. The second-order valence-corrected chi connectivity index (χ2v) is 22.1.